The van der Waals surface area contributed by atoms with Gasteiger partial charge in [0.05, 0.1) is 12.2 Å². The lowest BCUT2D eigenvalue weighted by atomic mass is 10.2. The second-order valence-corrected chi connectivity index (χ2v) is 8.14. The van der Waals surface area contributed by atoms with Crippen molar-refractivity contribution in [3.05, 3.63) is 45.4 Å². The second kappa shape index (κ2) is 10.3. The Morgan fingerprint density at radius 1 is 1.26 bits per heavy atom. The van der Waals surface area contributed by atoms with Gasteiger partial charge in [-0.05, 0) is 46.2 Å². The van der Waals surface area contributed by atoms with E-state index in [0.717, 1.165) is 42.7 Å². The van der Waals surface area contributed by atoms with Gasteiger partial charge in [-0.2, -0.15) is 0 Å². The SMILES string of the molecule is CCNC(=NCc1nc(C)c(C)s1)NC1CCN(c2ccc(C)cc2)C1.I. The number of nitrogens with one attached hydrogen (secondary N) is 2. The molecule has 0 saturated carbocycles. The van der Waals surface area contributed by atoms with Crippen molar-refractivity contribution in [3.63, 3.8) is 0 Å². The third kappa shape index (κ3) is 6.07. The highest BCUT2D eigenvalue weighted by Crippen LogP contribution is 2.21. The van der Waals surface area contributed by atoms with Crippen LogP contribution in [0.5, 0.6) is 0 Å². The maximum Gasteiger partial charge on any atom is 0.191 e. The third-order valence-electron chi connectivity index (χ3n) is 4.72. The van der Waals surface area contributed by atoms with Crippen LogP contribution in [0, 0.1) is 20.8 Å². The number of hydrogen-bond donors (Lipinski definition) is 2. The molecule has 1 aliphatic rings. The van der Waals surface area contributed by atoms with Crippen LogP contribution >= 0.6 is 35.3 Å². The van der Waals surface area contributed by atoms with Crippen molar-refractivity contribution >= 4 is 47.0 Å². The summed E-state index contributed by atoms with van der Waals surface area (Å²) < 4.78 is 0. The van der Waals surface area contributed by atoms with Crippen molar-refractivity contribution in [1.82, 2.24) is 15.6 Å². The molecule has 1 atom stereocenters. The van der Waals surface area contributed by atoms with Gasteiger partial charge in [-0.25, -0.2) is 9.98 Å². The minimum Gasteiger partial charge on any atom is -0.369 e. The summed E-state index contributed by atoms with van der Waals surface area (Å²) in [6.07, 6.45) is 1.12. The minimum absolute atomic E-state index is 0. The summed E-state index contributed by atoms with van der Waals surface area (Å²) in [7, 11) is 0. The van der Waals surface area contributed by atoms with E-state index in [4.69, 9.17) is 4.99 Å². The molecule has 2 heterocycles. The van der Waals surface area contributed by atoms with Crippen LogP contribution in [0.1, 0.15) is 34.5 Å². The van der Waals surface area contributed by atoms with E-state index in [0.29, 0.717) is 12.6 Å². The number of guanidine groups is 1. The van der Waals surface area contributed by atoms with E-state index in [1.807, 2.05) is 0 Å². The van der Waals surface area contributed by atoms with Gasteiger partial charge < -0.3 is 15.5 Å². The molecule has 0 bridgehead atoms. The number of rotatable bonds is 5. The van der Waals surface area contributed by atoms with Gasteiger partial charge in [0.25, 0.3) is 0 Å². The van der Waals surface area contributed by atoms with E-state index >= 15 is 0 Å². The quantitative estimate of drug-likeness (QED) is 0.371. The summed E-state index contributed by atoms with van der Waals surface area (Å²) in [5.41, 5.74) is 3.72. The predicted molar refractivity (Wildman–Crippen MR) is 127 cm³/mol. The molecule has 1 fully saturated rings. The maximum absolute atomic E-state index is 4.73. The highest BCUT2D eigenvalue weighted by Gasteiger charge is 2.23. The van der Waals surface area contributed by atoms with Gasteiger partial charge in [0.1, 0.15) is 5.01 Å². The normalized spacial score (nSPS) is 17.0. The number of benzene rings is 1. The molecule has 1 aromatic carbocycles. The smallest absolute Gasteiger partial charge is 0.191 e. The fourth-order valence-electron chi connectivity index (χ4n) is 3.14. The Balaban J connectivity index is 0.00000261. The standard InChI is InChI=1S/C20H29N5S.HI/c1-5-21-20(22-12-19-23-15(3)16(4)26-19)24-17-10-11-25(13-17)18-8-6-14(2)7-9-18;/h6-9,17H,5,10-13H2,1-4H3,(H2,21,22,24);1H. The molecule has 0 aliphatic carbocycles. The van der Waals surface area contributed by atoms with Crippen LogP contribution in [0.2, 0.25) is 0 Å². The zero-order valence-corrected chi connectivity index (χ0v) is 19.7. The van der Waals surface area contributed by atoms with Crippen LogP contribution in [-0.2, 0) is 6.54 Å². The van der Waals surface area contributed by atoms with Gasteiger partial charge in [-0.15, -0.1) is 35.3 Å². The number of aromatic nitrogens is 1. The van der Waals surface area contributed by atoms with Gasteiger partial charge in [0.2, 0.25) is 0 Å². The first-order valence-corrected chi connectivity index (χ1v) is 10.2. The molecular weight excluding hydrogens is 469 g/mol. The first kappa shape index (κ1) is 21.9. The summed E-state index contributed by atoms with van der Waals surface area (Å²) in [5.74, 6) is 0.883. The van der Waals surface area contributed by atoms with E-state index in [2.05, 4.69) is 72.5 Å². The van der Waals surface area contributed by atoms with Crippen LogP contribution in [-0.4, -0.2) is 36.6 Å². The van der Waals surface area contributed by atoms with Crippen LogP contribution in [0.25, 0.3) is 0 Å². The minimum atomic E-state index is 0. The lowest BCUT2D eigenvalue weighted by Crippen LogP contribution is -2.44. The summed E-state index contributed by atoms with van der Waals surface area (Å²) in [5, 5.41) is 8.03. The number of hydrogen-bond acceptors (Lipinski definition) is 4. The van der Waals surface area contributed by atoms with E-state index < -0.39 is 0 Å². The Kier molecular flexibility index (Phi) is 8.34. The number of aliphatic imine (C=N–C) groups is 1. The molecule has 148 valence electrons. The number of halogens is 1. The lowest BCUT2D eigenvalue weighted by molar-refractivity contribution is 0.649. The van der Waals surface area contributed by atoms with E-state index in [-0.39, 0.29) is 24.0 Å². The molecule has 7 heteroatoms. The van der Waals surface area contributed by atoms with Crippen molar-refractivity contribution < 1.29 is 0 Å². The Labute approximate surface area is 183 Å². The zero-order chi connectivity index (χ0) is 18.5. The second-order valence-electron chi connectivity index (χ2n) is 6.86. The molecule has 2 N–H and O–H groups in total. The lowest BCUT2D eigenvalue weighted by Gasteiger charge is -2.20. The molecule has 3 rings (SSSR count). The first-order valence-electron chi connectivity index (χ1n) is 9.34. The molecule has 5 nitrogen and oxygen atoms in total. The Bertz CT molecular complexity index is 737. The van der Waals surface area contributed by atoms with Crippen LogP contribution in [0.15, 0.2) is 29.3 Å². The van der Waals surface area contributed by atoms with Crippen molar-refractivity contribution in [1.29, 1.82) is 0 Å². The topological polar surface area (TPSA) is 52.6 Å². The molecule has 0 radical (unpaired) electrons. The highest BCUT2D eigenvalue weighted by molar-refractivity contribution is 14.0. The number of aryl methyl sites for hydroxylation is 3. The number of nitrogens with zero attached hydrogens (tertiary/aromatic N) is 3. The van der Waals surface area contributed by atoms with Gasteiger partial charge >= 0.3 is 0 Å². The van der Waals surface area contributed by atoms with Gasteiger partial charge in [-0.1, -0.05) is 17.7 Å². The van der Waals surface area contributed by atoms with Crippen molar-refractivity contribution in [2.45, 2.75) is 46.7 Å². The van der Waals surface area contributed by atoms with Gasteiger partial charge in [0.15, 0.2) is 5.96 Å². The molecule has 1 aromatic heterocycles. The van der Waals surface area contributed by atoms with Gasteiger partial charge in [-0.3, -0.25) is 0 Å². The Hall–Kier alpha value is -1.35. The summed E-state index contributed by atoms with van der Waals surface area (Å²) in [6, 6.07) is 9.20. The Morgan fingerprint density at radius 3 is 2.63 bits per heavy atom. The molecular formula is C20H30IN5S. The van der Waals surface area contributed by atoms with E-state index in [1.54, 1.807) is 11.3 Å². The van der Waals surface area contributed by atoms with Crippen molar-refractivity contribution in [3.8, 4) is 0 Å². The average Bonchev–Trinajstić information content (AvgIpc) is 3.20. The molecule has 0 spiro atoms. The van der Waals surface area contributed by atoms with Crippen LogP contribution < -0.4 is 15.5 Å². The van der Waals surface area contributed by atoms with Crippen molar-refractivity contribution in [2.75, 3.05) is 24.5 Å². The monoisotopic (exact) mass is 499 g/mol. The number of anilines is 1. The highest BCUT2D eigenvalue weighted by atomic mass is 127. The largest absolute Gasteiger partial charge is 0.369 e. The van der Waals surface area contributed by atoms with Gasteiger partial charge in [0, 0.05) is 36.2 Å². The summed E-state index contributed by atoms with van der Waals surface area (Å²) in [4.78, 5) is 13.0. The molecule has 1 unspecified atom stereocenters. The van der Waals surface area contributed by atoms with Crippen molar-refractivity contribution in [2.24, 2.45) is 4.99 Å². The fourth-order valence-corrected chi connectivity index (χ4v) is 3.99. The third-order valence-corrected chi connectivity index (χ3v) is 5.78. The first-order chi connectivity index (χ1) is 12.5. The molecule has 0 amide bonds. The molecule has 1 saturated heterocycles. The fraction of sp³-hybridized carbons (Fsp3) is 0.500. The zero-order valence-electron chi connectivity index (χ0n) is 16.6. The molecule has 27 heavy (non-hydrogen) atoms. The van der Waals surface area contributed by atoms with E-state index in [1.165, 1.54) is 16.1 Å². The van der Waals surface area contributed by atoms with E-state index in [9.17, 15) is 0 Å². The maximum atomic E-state index is 4.73. The molecule has 1 aliphatic heterocycles. The molecule has 2 aromatic rings. The average molecular weight is 499 g/mol. The summed E-state index contributed by atoms with van der Waals surface area (Å²) in [6.45, 7) is 12.0. The Morgan fingerprint density at radius 2 is 2.00 bits per heavy atom. The van der Waals surface area contributed by atoms with Crippen LogP contribution in [0.3, 0.4) is 0 Å². The number of thiazole rings is 1. The predicted octanol–water partition coefficient (Wildman–Crippen LogP) is 4.02. The van der Waals surface area contributed by atoms with Crippen LogP contribution in [0.4, 0.5) is 5.69 Å². The summed E-state index contributed by atoms with van der Waals surface area (Å²) >= 11 is 1.73.